The molecule has 0 bridgehead atoms. The third-order valence-electron chi connectivity index (χ3n) is 2.80. The fraction of sp³-hybridized carbons (Fsp3) is 0.545. The molecule has 2 heterocycles. The van der Waals surface area contributed by atoms with E-state index in [-0.39, 0.29) is 6.04 Å². The van der Waals surface area contributed by atoms with E-state index in [1.165, 1.54) is 5.56 Å². The van der Waals surface area contributed by atoms with Crippen molar-refractivity contribution in [2.24, 2.45) is 0 Å². The molecular formula is C11H16N2O2S. The Balaban J connectivity index is 1.74. The number of sulfone groups is 1. The zero-order chi connectivity index (χ0) is 11.4. The van der Waals surface area contributed by atoms with Gasteiger partial charge in [-0.3, -0.25) is 4.98 Å². The summed E-state index contributed by atoms with van der Waals surface area (Å²) >= 11 is 0. The molecule has 0 aliphatic carbocycles. The minimum atomic E-state index is -2.77. The average Bonchev–Trinajstić information content (AvgIpc) is 2.60. The Kier molecular flexibility index (Phi) is 3.56. The maximum atomic E-state index is 11.2. The topological polar surface area (TPSA) is 59.1 Å². The molecule has 1 aromatic heterocycles. The van der Waals surface area contributed by atoms with Crippen LogP contribution in [0, 0.1) is 0 Å². The molecule has 1 aromatic rings. The van der Waals surface area contributed by atoms with Crippen molar-refractivity contribution in [2.75, 3.05) is 18.1 Å². The molecule has 16 heavy (non-hydrogen) atoms. The van der Waals surface area contributed by atoms with E-state index >= 15 is 0 Å². The highest BCUT2D eigenvalue weighted by Gasteiger charge is 2.26. The van der Waals surface area contributed by atoms with E-state index < -0.39 is 9.84 Å². The summed E-state index contributed by atoms with van der Waals surface area (Å²) in [5, 5.41) is 3.28. The molecule has 2 rings (SSSR count). The fourth-order valence-corrected chi connectivity index (χ4v) is 3.63. The van der Waals surface area contributed by atoms with Crippen LogP contribution >= 0.6 is 0 Å². The first-order valence-corrected chi connectivity index (χ1v) is 7.30. The maximum Gasteiger partial charge on any atom is 0.151 e. The number of rotatable bonds is 4. The molecule has 1 fully saturated rings. The van der Waals surface area contributed by atoms with Gasteiger partial charge in [0.1, 0.15) is 0 Å². The molecule has 0 radical (unpaired) electrons. The Morgan fingerprint density at radius 2 is 2.38 bits per heavy atom. The minimum Gasteiger partial charge on any atom is -0.313 e. The van der Waals surface area contributed by atoms with Crippen molar-refractivity contribution in [3.63, 3.8) is 0 Å². The van der Waals surface area contributed by atoms with E-state index in [4.69, 9.17) is 0 Å². The SMILES string of the molecule is O=S1(=O)CCC(NCCc2cccnc2)C1. The molecule has 1 aliphatic rings. The van der Waals surface area contributed by atoms with E-state index in [0.717, 1.165) is 19.4 Å². The molecule has 1 saturated heterocycles. The van der Waals surface area contributed by atoms with E-state index in [9.17, 15) is 8.42 Å². The lowest BCUT2D eigenvalue weighted by Crippen LogP contribution is -2.31. The number of nitrogens with zero attached hydrogens (tertiary/aromatic N) is 1. The van der Waals surface area contributed by atoms with Crippen LogP contribution in [-0.4, -0.2) is 37.5 Å². The Labute approximate surface area is 96.0 Å². The first-order valence-electron chi connectivity index (χ1n) is 5.48. The summed E-state index contributed by atoms with van der Waals surface area (Å²) in [4.78, 5) is 4.03. The van der Waals surface area contributed by atoms with Crippen molar-refractivity contribution < 1.29 is 8.42 Å². The van der Waals surface area contributed by atoms with Gasteiger partial charge < -0.3 is 5.32 Å². The Morgan fingerprint density at radius 1 is 1.50 bits per heavy atom. The highest BCUT2D eigenvalue weighted by molar-refractivity contribution is 7.91. The standard InChI is InChI=1S/C11H16N2O2S/c14-16(15)7-4-11(9-16)13-6-3-10-2-1-5-12-8-10/h1-2,5,8,11,13H,3-4,6-7,9H2. The van der Waals surface area contributed by atoms with Gasteiger partial charge in [0.25, 0.3) is 0 Å². The van der Waals surface area contributed by atoms with Crippen molar-refractivity contribution in [2.45, 2.75) is 18.9 Å². The van der Waals surface area contributed by atoms with Crippen molar-refractivity contribution in [1.29, 1.82) is 0 Å². The number of hydrogen-bond acceptors (Lipinski definition) is 4. The van der Waals surface area contributed by atoms with Gasteiger partial charge in [-0.05, 0) is 31.0 Å². The summed E-state index contributed by atoms with van der Waals surface area (Å²) in [6.45, 7) is 0.811. The Morgan fingerprint density at radius 3 is 3.00 bits per heavy atom. The van der Waals surface area contributed by atoms with Crippen molar-refractivity contribution in [3.8, 4) is 0 Å². The average molecular weight is 240 g/mol. The zero-order valence-corrected chi connectivity index (χ0v) is 9.91. The smallest absolute Gasteiger partial charge is 0.151 e. The van der Waals surface area contributed by atoms with Crippen LogP contribution in [0.25, 0.3) is 0 Å². The summed E-state index contributed by atoms with van der Waals surface area (Å²) in [7, 11) is -2.77. The number of nitrogens with one attached hydrogen (secondary N) is 1. The highest BCUT2D eigenvalue weighted by Crippen LogP contribution is 2.11. The van der Waals surface area contributed by atoms with Gasteiger partial charge >= 0.3 is 0 Å². The first-order chi connectivity index (χ1) is 7.66. The third-order valence-corrected chi connectivity index (χ3v) is 4.57. The summed E-state index contributed by atoms with van der Waals surface area (Å²) < 4.78 is 22.4. The Bertz CT molecular complexity index is 431. The van der Waals surface area contributed by atoms with E-state index in [1.54, 1.807) is 6.20 Å². The lowest BCUT2D eigenvalue weighted by Gasteiger charge is -2.09. The van der Waals surface area contributed by atoms with E-state index in [2.05, 4.69) is 10.3 Å². The predicted molar refractivity (Wildman–Crippen MR) is 63.0 cm³/mol. The molecular weight excluding hydrogens is 224 g/mol. The molecule has 4 nitrogen and oxygen atoms in total. The molecule has 0 aromatic carbocycles. The highest BCUT2D eigenvalue weighted by atomic mass is 32.2. The van der Waals surface area contributed by atoms with Gasteiger partial charge in [0, 0.05) is 18.4 Å². The number of pyridine rings is 1. The van der Waals surface area contributed by atoms with Crippen LogP contribution < -0.4 is 5.32 Å². The van der Waals surface area contributed by atoms with E-state index in [0.29, 0.717) is 11.5 Å². The zero-order valence-electron chi connectivity index (χ0n) is 9.09. The van der Waals surface area contributed by atoms with Crippen LogP contribution in [0.5, 0.6) is 0 Å². The maximum absolute atomic E-state index is 11.2. The second kappa shape index (κ2) is 4.93. The monoisotopic (exact) mass is 240 g/mol. The second-order valence-corrected chi connectivity index (χ2v) is 6.39. The minimum absolute atomic E-state index is 0.140. The van der Waals surface area contributed by atoms with E-state index in [1.807, 2.05) is 18.3 Å². The molecule has 1 atom stereocenters. The van der Waals surface area contributed by atoms with Crippen molar-refractivity contribution in [3.05, 3.63) is 30.1 Å². The number of aromatic nitrogens is 1. The summed E-state index contributed by atoms with van der Waals surface area (Å²) in [5.41, 5.74) is 1.18. The van der Waals surface area contributed by atoms with Crippen LogP contribution in [0.15, 0.2) is 24.5 Å². The van der Waals surface area contributed by atoms with Gasteiger partial charge in [-0.2, -0.15) is 0 Å². The van der Waals surface area contributed by atoms with Crippen LogP contribution in [0.2, 0.25) is 0 Å². The summed E-state index contributed by atoms with van der Waals surface area (Å²) in [6.07, 6.45) is 5.23. The van der Waals surface area contributed by atoms with Crippen LogP contribution in [0.4, 0.5) is 0 Å². The first kappa shape index (κ1) is 11.5. The Hall–Kier alpha value is -0.940. The van der Waals surface area contributed by atoms with Gasteiger partial charge in [-0.1, -0.05) is 6.07 Å². The van der Waals surface area contributed by atoms with Gasteiger partial charge in [-0.15, -0.1) is 0 Å². The molecule has 5 heteroatoms. The quantitative estimate of drug-likeness (QED) is 0.827. The van der Waals surface area contributed by atoms with Crippen molar-refractivity contribution >= 4 is 9.84 Å². The fourth-order valence-electron chi connectivity index (χ4n) is 1.92. The lowest BCUT2D eigenvalue weighted by atomic mass is 10.2. The molecule has 0 spiro atoms. The third kappa shape index (κ3) is 3.28. The van der Waals surface area contributed by atoms with Crippen LogP contribution in [0.3, 0.4) is 0 Å². The van der Waals surface area contributed by atoms with Gasteiger partial charge in [0.2, 0.25) is 0 Å². The molecule has 0 saturated carbocycles. The van der Waals surface area contributed by atoms with Crippen LogP contribution in [-0.2, 0) is 16.3 Å². The summed E-state index contributed by atoms with van der Waals surface area (Å²) in [5.74, 6) is 0.623. The molecule has 88 valence electrons. The van der Waals surface area contributed by atoms with Crippen molar-refractivity contribution in [1.82, 2.24) is 10.3 Å². The molecule has 1 N–H and O–H groups in total. The number of hydrogen-bond donors (Lipinski definition) is 1. The second-order valence-electron chi connectivity index (χ2n) is 4.17. The molecule has 1 aliphatic heterocycles. The predicted octanol–water partition coefficient (Wildman–Crippen LogP) is 0.401. The normalized spacial score (nSPS) is 23.4. The van der Waals surface area contributed by atoms with Gasteiger partial charge in [-0.25, -0.2) is 8.42 Å². The lowest BCUT2D eigenvalue weighted by molar-refractivity contribution is 0.556. The molecule has 0 amide bonds. The van der Waals surface area contributed by atoms with Gasteiger partial charge in [0.05, 0.1) is 11.5 Å². The largest absolute Gasteiger partial charge is 0.313 e. The molecule has 1 unspecified atom stereocenters. The van der Waals surface area contributed by atoms with Gasteiger partial charge in [0.15, 0.2) is 9.84 Å². The van der Waals surface area contributed by atoms with Crippen LogP contribution in [0.1, 0.15) is 12.0 Å². The summed E-state index contributed by atoms with van der Waals surface area (Å²) in [6, 6.07) is 4.08.